The maximum atomic E-state index is 10.8. The third kappa shape index (κ3) is 3.64. The fourth-order valence-corrected chi connectivity index (χ4v) is 0.858. The van der Waals surface area contributed by atoms with Crippen molar-refractivity contribution in [2.45, 2.75) is 13.3 Å². The van der Waals surface area contributed by atoms with Gasteiger partial charge in [-0.15, -0.1) is 0 Å². The molecule has 0 radical (unpaired) electrons. The Hall–Kier alpha value is -1.26. The molecule has 0 heterocycles. The topological polar surface area (TPSA) is 50.4 Å². The Balaban J connectivity index is 2.31. The molecule has 14 heavy (non-hydrogen) atoms. The zero-order valence-electron chi connectivity index (χ0n) is 7.71. The molecule has 2 N–H and O–H groups in total. The van der Waals surface area contributed by atoms with Crippen molar-refractivity contribution in [2.75, 3.05) is 0 Å². The summed E-state index contributed by atoms with van der Waals surface area (Å²) in [5.41, 5.74) is 4.68. The van der Waals surface area contributed by atoms with E-state index in [1.54, 1.807) is 31.2 Å². The molecule has 0 saturated carbocycles. The van der Waals surface area contributed by atoms with Crippen LogP contribution in [0.4, 0.5) is 0 Å². The standard InChI is InChI=1S/C9H11ClN2O2/c1-2-9(13)11-12-14-8-5-3-7(10)4-6-8/h3-6,12H,2H2,1H3,(H,11,13). The summed E-state index contributed by atoms with van der Waals surface area (Å²) in [5, 5.41) is 0.634. The zero-order valence-corrected chi connectivity index (χ0v) is 8.47. The number of hydrazine groups is 1. The molecular formula is C9H11ClN2O2. The van der Waals surface area contributed by atoms with Gasteiger partial charge < -0.3 is 4.84 Å². The van der Waals surface area contributed by atoms with E-state index in [0.29, 0.717) is 17.2 Å². The molecular weight excluding hydrogens is 204 g/mol. The van der Waals surface area contributed by atoms with Crippen LogP contribution in [0, 0.1) is 0 Å². The third-order valence-corrected chi connectivity index (χ3v) is 1.75. The highest BCUT2D eigenvalue weighted by molar-refractivity contribution is 6.30. The summed E-state index contributed by atoms with van der Waals surface area (Å²) in [6.45, 7) is 1.75. The van der Waals surface area contributed by atoms with Gasteiger partial charge in [0.15, 0.2) is 0 Å². The van der Waals surface area contributed by atoms with Crippen LogP contribution in [0.2, 0.25) is 5.02 Å². The smallest absolute Gasteiger partial charge is 0.236 e. The quantitative estimate of drug-likeness (QED) is 0.750. The minimum Gasteiger partial charge on any atom is -0.389 e. The Bertz CT molecular complexity index is 300. The summed E-state index contributed by atoms with van der Waals surface area (Å²) in [7, 11) is 0. The monoisotopic (exact) mass is 214 g/mol. The van der Waals surface area contributed by atoms with Crippen molar-refractivity contribution < 1.29 is 9.63 Å². The molecule has 1 aromatic carbocycles. The van der Waals surface area contributed by atoms with E-state index >= 15 is 0 Å². The number of hydrogen-bond donors (Lipinski definition) is 2. The molecule has 0 atom stereocenters. The van der Waals surface area contributed by atoms with Gasteiger partial charge in [-0.05, 0) is 24.3 Å². The van der Waals surface area contributed by atoms with Gasteiger partial charge >= 0.3 is 0 Å². The summed E-state index contributed by atoms with van der Waals surface area (Å²) in [5.74, 6) is 0.435. The van der Waals surface area contributed by atoms with E-state index in [4.69, 9.17) is 16.4 Å². The van der Waals surface area contributed by atoms with E-state index in [-0.39, 0.29) is 5.91 Å². The Labute approximate surface area is 87.1 Å². The molecule has 0 fully saturated rings. The molecule has 1 rings (SSSR count). The second-order valence-electron chi connectivity index (χ2n) is 2.56. The molecule has 0 spiro atoms. The van der Waals surface area contributed by atoms with Crippen LogP contribution in [0.5, 0.6) is 5.75 Å². The minimum absolute atomic E-state index is 0.140. The number of rotatable bonds is 4. The van der Waals surface area contributed by atoms with Crippen molar-refractivity contribution in [3.8, 4) is 5.75 Å². The van der Waals surface area contributed by atoms with E-state index in [1.165, 1.54) is 0 Å². The molecule has 0 aliphatic rings. The molecule has 5 heteroatoms. The lowest BCUT2D eigenvalue weighted by atomic mass is 10.3. The molecule has 1 amide bonds. The molecule has 0 bridgehead atoms. The van der Waals surface area contributed by atoms with Crippen LogP contribution >= 0.6 is 11.6 Å². The van der Waals surface area contributed by atoms with Crippen LogP contribution in [-0.2, 0) is 4.79 Å². The first-order chi connectivity index (χ1) is 6.72. The maximum Gasteiger partial charge on any atom is 0.236 e. The van der Waals surface area contributed by atoms with Gasteiger partial charge in [0, 0.05) is 11.4 Å². The highest BCUT2D eigenvalue weighted by Gasteiger charge is 1.96. The second kappa shape index (κ2) is 5.47. The fourth-order valence-electron chi connectivity index (χ4n) is 0.732. The first-order valence-corrected chi connectivity index (χ1v) is 4.56. The number of amides is 1. The SMILES string of the molecule is CCC(=O)NNOc1ccc(Cl)cc1. The van der Waals surface area contributed by atoms with Gasteiger partial charge in [-0.2, -0.15) is 0 Å². The van der Waals surface area contributed by atoms with Crippen LogP contribution in [0.15, 0.2) is 24.3 Å². The van der Waals surface area contributed by atoms with E-state index in [0.717, 1.165) is 0 Å². The highest BCUT2D eigenvalue weighted by Crippen LogP contribution is 2.14. The number of carbonyl (C=O) groups is 1. The van der Waals surface area contributed by atoms with Gasteiger partial charge in [-0.25, -0.2) is 0 Å². The lowest BCUT2D eigenvalue weighted by molar-refractivity contribution is -0.124. The Morgan fingerprint density at radius 1 is 1.43 bits per heavy atom. The number of nitrogens with one attached hydrogen (secondary N) is 2. The molecule has 0 aromatic heterocycles. The van der Waals surface area contributed by atoms with Crippen molar-refractivity contribution >= 4 is 17.5 Å². The summed E-state index contributed by atoms with van der Waals surface area (Å²) in [6, 6.07) is 6.77. The third-order valence-electron chi connectivity index (χ3n) is 1.49. The Morgan fingerprint density at radius 3 is 2.64 bits per heavy atom. The van der Waals surface area contributed by atoms with Crippen LogP contribution < -0.4 is 15.9 Å². The zero-order chi connectivity index (χ0) is 10.4. The maximum absolute atomic E-state index is 10.8. The Morgan fingerprint density at radius 2 is 2.07 bits per heavy atom. The van der Waals surface area contributed by atoms with E-state index in [9.17, 15) is 4.79 Å². The van der Waals surface area contributed by atoms with Gasteiger partial charge in [0.05, 0.1) is 0 Å². The van der Waals surface area contributed by atoms with Crippen molar-refractivity contribution in [1.82, 2.24) is 11.0 Å². The number of carbonyl (C=O) groups excluding carboxylic acids is 1. The van der Waals surface area contributed by atoms with Crippen LogP contribution in [0.25, 0.3) is 0 Å². The lowest BCUT2D eigenvalue weighted by Crippen LogP contribution is -2.39. The fraction of sp³-hybridized carbons (Fsp3) is 0.222. The van der Waals surface area contributed by atoms with Gasteiger partial charge in [0.25, 0.3) is 0 Å². The predicted molar refractivity (Wildman–Crippen MR) is 53.6 cm³/mol. The van der Waals surface area contributed by atoms with Crippen molar-refractivity contribution in [2.24, 2.45) is 0 Å². The normalized spacial score (nSPS) is 9.57. The van der Waals surface area contributed by atoms with E-state index in [2.05, 4.69) is 11.0 Å². The average Bonchev–Trinajstić information content (AvgIpc) is 2.21. The molecule has 1 aromatic rings. The van der Waals surface area contributed by atoms with Crippen molar-refractivity contribution in [3.63, 3.8) is 0 Å². The van der Waals surface area contributed by atoms with Gasteiger partial charge in [0.2, 0.25) is 5.91 Å². The molecule has 76 valence electrons. The van der Waals surface area contributed by atoms with Crippen LogP contribution in [-0.4, -0.2) is 5.91 Å². The van der Waals surface area contributed by atoms with Crippen LogP contribution in [0.3, 0.4) is 0 Å². The van der Waals surface area contributed by atoms with Gasteiger partial charge in [0.1, 0.15) is 5.75 Å². The summed E-state index contributed by atoms with van der Waals surface area (Å²) in [4.78, 5) is 15.8. The molecule has 0 saturated heterocycles. The first kappa shape index (κ1) is 10.8. The van der Waals surface area contributed by atoms with Crippen LogP contribution in [0.1, 0.15) is 13.3 Å². The number of halogens is 1. The number of hydrogen-bond acceptors (Lipinski definition) is 3. The van der Waals surface area contributed by atoms with E-state index < -0.39 is 0 Å². The van der Waals surface area contributed by atoms with Crippen molar-refractivity contribution in [3.05, 3.63) is 29.3 Å². The minimum atomic E-state index is -0.140. The van der Waals surface area contributed by atoms with Crippen molar-refractivity contribution in [1.29, 1.82) is 0 Å². The van der Waals surface area contributed by atoms with E-state index in [1.807, 2.05) is 0 Å². The molecule has 0 aliphatic carbocycles. The summed E-state index contributed by atoms with van der Waals surface area (Å²) < 4.78 is 0. The number of benzene rings is 1. The second-order valence-corrected chi connectivity index (χ2v) is 3.00. The van der Waals surface area contributed by atoms with Gasteiger partial charge in [-0.3, -0.25) is 10.2 Å². The largest absolute Gasteiger partial charge is 0.389 e. The molecule has 4 nitrogen and oxygen atoms in total. The molecule has 0 unspecified atom stereocenters. The van der Waals surface area contributed by atoms with Gasteiger partial charge in [-0.1, -0.05) is 24.1 Å². The summed E-state index contributed by atoms with van der Waals surface area (Å²) >= 11 is 5.67. The average molecular weight is 215 g/mol. The summed E-state index contributed by atoms with van der Waals surface area (Å²) in [6.07, 6.45) is 0.400. The molecule has 0 aliphatic heterocycles. The lowest BCUT2D eigenvalue weighted by Gasteiger charge is -2.07. The Kier molecular flexibility index (Phi) is 4.22. The first-order valence-electron chi connectivity index (χ1n) is 4.18. The highest BCUT2D eigenvalue weighted by atomic mass is 35.5. The predicted octanol–water partition coefficient (Wildman–Crippen LogP) is 1.66.